The number of hydrogen-bond donors (Lipinski definition) is 2. The van der Waals surface area contributed by atoms with Crippen LogP contribution in [0.25, 0.3) is 0 Å². The fraction of sp³-hybridized carbons (Fsp3) is 0.929. The summed E-state index contributed by atoms with van der Waals surface area (Å²) < 4.78 is 36.4. The second kappa shape index (κ2) is 9.89. The van der Waals surface area contributed by atoms with Crippen molar-refractivity contribution in [2.24, 2.45) is 4.99 Å². The van der Waals surface area contributed by atoms with Crippen molar-refractivity contribution in [1.82, 2.24) is 20.4 Å². The average molecular weight is 323 g/mol. The van der Waals surface area contributed by atoms with Crippen LogP contribution in [-0.2, 0) is 0 Å². The molecular formula is C14H28F3N5. The minimum Gasteiger partial charge on any atom is -0.357 e. The first-order valence-electron chi connectivity index (χ1n) is 7.90. The Morgan fingerprint density at radius 1 is 1.14 bits per heavy atom. The number of halogens is 3. The van der Waals surface area contributed by atoms with Crippen molar-refractivity contribution in [3.8, 4) is 0 Å². The highest BCUT2D eigenvalue weighted by Crippen LogP contribution is 2.18. The highest BCUT2D eigenvalue weighted by atomic mass is 19.4. The van der Waals surface area contributed by atoms with Gasteiger partial charge < -0.3 is 20.4 Å². The lowest BCUT2D eigenvalue weighted by molar-refractivity contribution is -0.132. The number of likely N-dealkylation sites (N-methyl/N-ethyl adjacent to an activating group) is 1. The molecular weight excluding hydrogens is 295 g/mol. The van der Waals surface area contributed by atoms with Crippen molar-refractivity contribution in [2.75, 3.05) is 59.4 Å². The van der Waals surface area contributed by atoms with Crippen LogP contribution in [0.4, 0.5) is 13.2 Å². The van der Waals surface area contributed by atoms with E-state index in [2.05, 4.69) is 32.5 Å². The van der Waals surface area contributed by atoms with Crippen molar-refractivity contribution < 1.29 is 13.2 Å². The maximum Gasteiger partial charge on any atom is 0.390 e. The van der Waals surface area contributed by atoms with Crippen LogP contribution in [0.1, 0.15) is 19.8 Å². The largest absolute Gasteiger partial charge is 0.390 e. The Bertz CT molecular complexity index is 333. The third-order valence-electron chi connectivity index (χ3n) is 3.54. The van der Waals surface area contributed by atoms with Gasteiger partial charge in [-0.05, 0) is 33.5 Å². The molecule has 0 saturated carbocycles. The molecule has 0 aliphatic carbocycles. The summed E-state index contributed by atoms with van der Waals surface area (Å²) in [6.45, 7) is 8.10. The van der Waals surface area contributed by atoms with Gasteiger partial charge in [0.15, 0.2) is 5.96 Å². The average Bonchev–Trinajstić information content (AvgIpc) is 2.62. The first kappa shape index (κ1) is 19.0. The molecule has 1 heterocycles. The number of aliphatic imine (C=N–C) groups is 1. The summed E-state index contributed by atoms with van der Waals surface area (Å²) in [5.41, 5.74) is 0. The lowest BCUT2D eigenvalue weighted by Gasteiger charge is -2.21. The standard InChI is InChI=1S/C14H28F3N5/c1-3-18-13(19-6-5-14(15,16)17)20-7-10-22-9-4-8-21(2)11-12-22/h3-12H2,1-2H3,(H2,18,19,20). The zero-order valence-corrected chi connectivity index (χ0v) is 13.5. The van der Waals surface area contributed by atoms with Gasteiger partial charge in [0.2, 0.25) is 0 Å². The number of nitrogens with one attached hydrogen (secondary N) is 2. The monoisotopic (exact) mass is 323 g/mol. The summed E-state index contributed by atoms with van der Waals surface area (Å²) in [6, 6.07) is 0. The van der Waals surface area contributed by atoms with Gasteiger partial charge in [-0.3, -0.25) is 4.99 Å². The summed E-state index contributed by atoms with van der Waals surface area (Å²) in [6.07, 6.45) is -3.89. The predicted octanol–water partition coefficient (Wildman–Crippen LogP) is 1.13. The summed E-state index contributed by atoms with van der Waals surface area (Å²) in [5.74, 6) is 0.457. The fourth-order valence-electron chi connectivity index (χ4n) is 2.29. The SMILES string of the molecule is CCNC(=NCCC(F)(F)F)NCCN1CCCN(C)CC1. The second-order valence-corrected chi connectivity index (χ2v) is 5.55. The summed E-state index contributed by atoms with van der Waals surface area (Å²) in [5, 5.41) is 6.07. The third-order valence-corrected chi connectivity index (χ3v) is 3.54. The van der Waals surface area contributed by atoms with E-state index in [1.807, 2.05) is 6.92 Å². The lowest BCUT2D eigenvalue weighted by atomic mass is 10.4. The summed E-state index contributed by atoms with van der Waals surface area (Å²) in [7, 11) is 2.12. The molecule has 1 saturated heterocycles. The molecule has 1 aliphatic rings. The molecule has 0 aromatic rings. The maximum atomic E-state index is 12.1. The van der Waals surface area contributed by atoms with Crippen LogP contribution in [0.2, 0.25) is 0 Å². The van der Waals surface area contributed by atoms with Crippen LogP contribution in [0.3, 0.4) is 0 Å². The van der Waals surface area contributed by atoms with E-state index in [1.165, 1.54) is 0 Å². The Morgan fingerprint density at radius 3 is 2.59 bits per heavy atom. The third kappa shape index (κ3) is 9.09. The Labute approximate surface area is 130 Å². The van der Waals surface area contributed by atoms with Gasteiger partial charge in [0.25, 0.3) is 0 Å². The van der Waals surface area contributed by atoms with Crippen LogP contribution in [0, 0.1) is 0 Å². The van der Waals surface area contributed by atoms with E-state index in [1.54, 1.807) is 0 Å². The lowest BCUT2D eigenvalue weighted by Crippen LogP contribution is -2.42. The summed E-state index contributed by atoms with van der Waals surface area (Å²) in [4.78, 5) is 8.65. The highest BCUT2D eigenvalue weighted by molar-refractivity contribution is 5.79. The molecule has 1 aliphatic heterocycles. The van der Waals surface area contributed by atoms with Crippen LogP contribution >= 0.6 is 0 Å². The van der Waals surface area contributed by atoms with E-state index in [4.69, 9.17) is 0 Å². The molecule has 1 fully saturated rings. The molecule has 0 radical (unpaired) electrons. The van der Waals surface area contributed by atoms with Crippen molar-refractivity contribution in [1.29, 1.82) is 0 Å². The first-order chi connectivity index (χ1) is 10.4. The van der Waals surface area contributed by atoms with Crippen molar-refractivity contribution >= 4 is 5.96 Å². The van der Waals surface area contributed by atoms with E-state index in [0.29, 0.717) is 19.0 Å². The number of alkyl halides is 3. The minimum atomic E-state index is -4.15. The molecule has 5 nitrogen and oxygen atoms in total. The molecule has 0 bridgehead atoms. The predicted molar refractivity (Wildman–Crippen MR) is 83.2 cm³/mol. The van der Waals surface area contributed by atoms with E-state index < -0.39 is 12.6 Å². The quantitative estimate of drug-likeness (QED) is 0.568. The van der Waals surface area contributed by atoms with Gasteiger partial charge in [-0.2, -0.15) is 13.2 Å². The fourth-order valence-corrected chi connectivity index (χ4v) is 2.29. The molecule has 0 unspecified atom stereocenters. The van der Waals surface area contributed by atoms with Crippen molar-refractivity contribution in [2.45, 2.75) is 25.9 Å². The number of rotatable bonds is 6. The zero-order chi connectivity index (χ0) is 16.4. The van der Waals surface area contributed by atoms with Crippen molar-refractivity contribution in [3.63, 3.8) is 0 Å². The number of guanidine groups is 1. The molecule has 0 spiro atoms. The Kier molecular flexibility index (Phi) is 8.55. The molecule has 2 N–H and O–H groups in total. The zero-order valence-electron chi connectivity index (χ0n) is 13.5. The Balaban J connectivity index is 2.29. The molecule has 0 atom stereocenters. The van der Waals surface area contributed by atoms with E-state index in [-0.39, 0.29) is 6.54 Å². The molecule has 130 valence electrons. The summed E-state index contributed by atoms with van der Waals surface area (Å²) >= 11 is 0. The van der Waals surface area contributed by atoms with Gasteiger partial charge >= 0.3 is 6.18 Å². The second-order valence-electron chi connectivity index (χ2n) is 5.55. The van der Waals surface area contributed by atoms with Gasteiger partial charge in [-0.1, -0.05) is 0 Å². The van der Waals surface area contributed by atoms with Crippen LogP contribution < -0.4 is 10.6 Å². The van der Waals surface area contributed by atoms with Gasteiger partial charge in [0.05, 0.1) is 13.0 Å². The smallest absolute Gasteiger partial charge is 0.357 e. The molecule has 8 heteroatoms. The highest BCUT2D eigenvalue weighted by Gasteiger charge is 2.26. The van der Waals surface area contributed by atoms with Crippen LogP contribution in [-0.4, -0.2) is 81.3 Å². The van der Waals surface area contributed by atoms with Gasteiger partial charge in [-0.25, -0.2) is 0 Å². The van der Waals surface area contributed by atoms with Crippen LogP contribution in [0.5, 0.6) is 0 Å². The molecule has 0 aromatic heterocycles. The maximum absolute atomic E-state index is 12.1. The van der Waals surface area contributed by atoms with Crippen molar-refractivity contribution in [3.05, 3.63) is 0 Å². The van der Waals surface area contributed by atoms with E-state index in [9.17, 15) is 13.2 Å². The van der Waals surface area contributed by atoms with Gasteiger partial charge in [0, 0.05) is 32.7 Å². The van der Waals surface area contributed by atoms with Crippen LogP contribution in [0.15, 0.2) is 4.99 Å². The van der Waals surface area contributed by atoms with E-state index in [0.717, 1.165) is 39.1 Å². The minimum absolute atomic E-state index is 0.243. The molecule has 0 amide bonds. The van der Waals surface area contributed by atoms with E-state index >= 15 is 0 Å². The number of hydrogen-bond acceptors (Lipinski definition) is 3. The normalized spacial score (nSPS) is 19.0. The van der Waals surface area contributed by atoms with Gasteiger partial charge in [0.1, 0.15) is 0 Å². The topological polar surface area (TPSA) is 42.9 Å². The molecule has 0 aromatic carbocycles. The van der Waals surface area contributed by atoms with Gasteiger partial charge in [-0.15, -0.1) is 0 Å². The Morgan fingerprint density at radius 2 is 1.91 bits per heavy atom. The Hall–Kier alpha value is -1.02. The molecule has 1 rings (SSSR count). The first-order valence-corrected chi connectivity index (χ1v) is 7.90. The molecule has 22 heavy (non-hydrogen) atoms. The number of nitrogens with zero attached hydrogens (tertiary/aromatic N) is 3.